The van der Waals surface area contributed by atoms with Crippen molar-refractivity contribution in [3.63, 3.8) is 0 Å². The summed E-state index contributed by atoms with van der Waals surface area (Å²) in [4.78, 5) is 2.35. The Hall–Kier alpha value is -2.62. The van der Waals surface area contributed by atoms with Crippen molar-refractivity contribution in [1.82, 2.24) is 4.90 Å². The third-order valence-corrected chi connectivity index (χ3v) is 6.09. The standard InChI is InChI=1S/C27H31NO2/c1-28(19-21-8-4-2-5-9-21)17-16-23-12-13-24-18-25(14-15-26(24)27(23)29)30-20-22-10-6-3-7-11-22/h2-11,14-15,18,23,27,29H,12-13,16-17,19-20H2,1H3/t23-,27?/m0/s1. The Morgan fingerprint density at radius 1 is 0.933 bits per heavy atom. The van der Waals surface area contributed by atoms with Crippen LogP contribution in [0.5, 0.6) is 5.75 Å². The fourth-order valence-corrected chi connectivity index (χ4v) is 4.33. The Kier molecular flexibility index (Phi) is 6.83. The Labute approximate surface area is 179 Å². The molecule has 0 aromatic heterocycles. The lowest BCUT2D eigenvalue weighted by atomic mass is 9.79. The molecule has 0 spiro atoms. The summed E-state index contributed by atoms with van der Waals surface area (Å²) < 4.78 is 5.97. The van der Waals surface area contributed by atoms with Gasteiger partial charge in [-0.2, -0.15) is 0 Å². The molecular formula is C27H31NO2. The molecule has 3 nitrogen and oxygen atoms in total. The molecule has 0 fully saturated rings. The van der Waals surface area contributed by atoms with Crippen LogP contribution in [0.4, 0.5) is 0 Å². The summed E-state index contributed by atoms with van der Waals surface area (Å²) in [5.74, 6) is 1.19. The number of aryl methyl sites for hydroxylation is 1. The summed E-state index contributed by atoms with van der Waals surface area (Å²) in [6.45, 7) is 2.51. The minimum atomic E-state index is -0.387. The van der Waals surface area contributed by atoms with Gasteiger partial charge in [0, 0.05) is 6.54 Å². The van der Waals surface area contributed by atoms with E-state index in [1.165, 1.54) is 11.1 Å². The van der Waals surface area contributed by atoms with Crippen molar-refractivity contribution in [2.75, 3.05) is 13.6 Å². The Bertz CT molecular complexity index is 926. The van der Waals surface area contributed by atoms with Crippen molar-refractivity contribution in [1.29, 1.82) is 0 Å². The first kappa shape index (κ1) is 20.6. The van der Waals surface area contributed by atoms with E-state index in [1.807, 2.05) is 24.3 Å². The van der Waals surface area contributed by atoms with Crippen LogP contribution < -0.4 is 4.74 Å². The van der Waals surface area contributed by atoms with Gasteiger partial charge < -0.3 is 14.7 Å². The van der Waals surface area contributed by atoms with Crippen molar-refractivity contribution in [2.45, 2.75) is 38.5 Å². The third-order valence-electron chi connectivity index (χ3n) is 6.09. The van der Waals surface area contributed by atoms with E-state index in [0.29, 0.717) is 12.5 Å². The maximum absolute atomic E-state index is 11.0. The molecule has 30 heavy (non-hydrogen) atoms. The maximum atomic E-state index is 11.0. The van der Waals surface area contributed by atoms with Gasteiger partial charge in [-0.15, -0.1) is 0 Å². The van der Waals surface area contributed by atoms with E-state index in [1.54, 1.807) is 0 Å². The number of benzene rings is 3. The Balaban J connectivity index is 1.31. The molecule has 4 rings (SSSR count). The molecule has 0 amide bonds. The van der Waals surface area contributed by atoms with Crippen LogP contribution in [-0.2, 0) is 19.6 Å². The van der Waals surface area contributed by atoms with Gasteiger partial charge >= 0.3 is 0 Å². The number of fused-ring (bicyclic) bond motifs is 1. The third kappa shape index (κ3) is 5.29. The van der Waals surface area contributed by atoms with Crippen molar-refractivity contribution in [3.05, 3.63) is 101 Å². The molecule has 0 saturated heterocycles. The first-order chi connectivity index (χ1) is 14.7. The summed E-state index contributed by atoms with van der Waals surface area (Å²) in [5, 5.41) is 11.0. The van der Waals surface area contributed by atoms with Gasteiger partial charge in [0.2, 0.25) is 0 Å². The van der Waals surface area contributed by atoms with E-state index in [-0.39, 0.29) is 6.10 Å². The summed E-state index contributed by atoms with van der Waals surface area (Å²) in [5.41, 5.74) is 4.79. The second kappa shape index (κ2) is 9.92. The van der Waals surface area contributed by atoms with Crippen LogP contribution in [0.1, 0.15) is 41.2 Å². The van der Waals surface area contributed by atoms with E-state index in [4.69, 9.17) is 4.74 Å². The first-order valence-electron chi connectivity index (χ1n) is 10.9. The van der Waals surface area contributed by atoms with Crippen molar-refractivity contribution in [3.8, 4) is 5.75 Å². The lowest BCUT2D eigenvalue weighted by molar-refractivity contribution is 0.0816. The quantitative estimate of drug-likeness (QED) is 0.550. The second-order valence-electron chi connectivity index (χ2n) is 8.39. The highest BCUT2D eigenvalue weighted by Gasteiger charge is 2.28. The molecule has 1 aliphatic rings. The lowest BCUT2D eigenvalue weighted by Crippen LogP contribution is -2.26. The van der Waals surface area contributed by atoms with Crippen molar-refractivity contribution in [2.24, 2.45) is 5.92 Å². The van der Waals surface area contributed by atoms with Gasteiger partial charge in [-0.05, 0) is 73.2 Å². The zero-order valence-corrected chi connectivity index (χ0v) is 17.7. The number of hydrogen-bond acceptors (Lipinski definition) is 3. The Morgan fingerprint density at radius 3 is 2.37 bits per heavy atom. The fourth-order valence-electron chi connectivity index (χ4n) is 4.33. The SMILES string of the molecule is CN(CC[C@@H]1CCc2cc(OCc3ccccc3)ccc2C1O)Cc1ccccc1. The van der Waals surface area contributed by atoms with Gasteiger partial charge in [-0.3, -0.25) is 0 Å². The predicted molar refractivity (Wildman–Crippen MR) is 121 cm³/mol. The molecule has 2 atom stereocenters. The summed E-state index contributed by atoms with van der Waals surface area (Å²) in [6.07, 6.45) is 2.65. The van der Waals surface area contributed by atoms with Gasteiger partial charge in [-0.1, -0.05) is 66.7 Å². The molecule has 0 saturated carbocycles. The van der Waals surface area contributed by atoms with Crippen LogP contribution in [-0.4, -0.2) is 23.6 Å². The summed E-state index contributed by atoms with van der Waals surface area (Å²) in [6, 6.07) is 26.9. The lowest BCUT2D eigenvalue weighted by Gasteiger charge is -2.31. The highest BCUT2D eigenvalue weighted by atomic mass is 16.5. The predicted octanol–water partition coefficient (Wildman–Crippen LogP) is 5.38. The monoisotopic (exact) mass is 401 g/mol. The number of rotatable bonds is 8. The van der Waals surface area contributed by atoms with E-state index in [2.05, 4.69) is 66.5 Å². The van der Waals surface area contributed by atoms with Crippen LogP contribution in [0.2, 0.25) is 0 Å². The zero-order valence-electron chi connectivity index (χ0n) is 17.7. The van der Waals surface area contributed by atoms with E-state index >= 15 is 0 Å². The molecule has 1 aliphatic carbocycles. The molecule has 1 N–H and O–H groups in total. The largest absolute Gasteiger partial charge is 0.489 e. The molecule has 3 aromatic carbocycles. The minimum absolute atomic E-state index is 0.312. The first-order valence-corrected chi connectivity index (χ1v) is 10.9. The van der Waals surface area contributed by atoms with Crippen molar-refractivity contribution >= 4 is 0 Å². The molecule has 3 heteroatoms. The second-order valence-corrected chi connectivity index (χ2v) is 8.39. The topological polar surface area (TPSA) is 32.7 Å². The van der Waals surface area contributed by atoms with E-state index < -0.39 is 0 Å². The maximum Gasteiger partial charge on any atom is 0.120 e. The molecule has 1 unspecified atom stereocenters. The zero-order chi connectivity index (χ0) is 20.8. The molecule has 156 valence electrons. The molecular weight excluding hydrogens is 370 g/mol. The highest BCUT2D eigenvalue weighted by molar-refractivity contribution is 5.39. The van der Waals surface area contributed by atoms with Crippen LogP contribution >= 0.6 is 0 Å². The summed E-state index contributed by atoms with van der Waals surface area (Å²) in [7, 11) is 2.16. The minimum Gasteiger partial charge on any atom is -0.489 e. The van der Waals surface area contributed by atoms with E-state index in [0.717, 1.165) is 49.2 Å². The van der Waals surface area contributed by atoms with E-state index in [9.17, 15) is 5.11 Å². The molecule has 0 heterocycles. The van der Waals surface area contributed by atoms with Gasteiger partial charge in [0.05, 0.1) is 6.10 Å². The molecule has 0 aliphatic heterocycles. The van der Waals surface area contributed by atoms with Crippen molar-refractivity contribution < 1.29 is 9.84 Å². The highest BCUT2D eigenvalue weighted by Crippen LogP contribution is 2.38. The molecule has 0 radical (unpaired) electrons. The normalized spacial score (nSPS) is 18.2. The van der Waals surface area contributed by atoms with Crippen LogP contribution in [0, 0.1) is 5.92 Å². The molecule has 0 bridgehead atoms. The number of ether oxygens (including phenoxy) is 1. The number of nitrogens with zero attached hydrogens (tertiary/aromatic N) is 1. The van der Waals surface area contributed by atoms with Crippen LogP contribution in [0.15, 0.2) is 78.9 Å². The molecule has 3 aromatic rings. The van der Waals surface area contributed by atoms with Gasteiger partial charge in [0.15, 0.2) is 0 Å². The van der Waals surface area contributed by atoms with Crippen LogP contribution in [0.25, 0.3) is 0 Å². The van der Waals surface area contributed by atoms with Gasteiger partial charge in [0.1, 0.15) is 12.4 Å². The number of hydrogen-bond donors (Lipinski definition) is 1. The average Bonchev–Trinajstić information content (AvgIpc) is 2.78. The van der Waals surface area contributed by atoms with Gasteiger partial charge in [-0.25, -0.2) is 0 Å². The smallest absolute Gasteiger partial charge is 0.120 e. The van der Waals surface area contributed by atoms with Crippen LogP contribution in [0.3, 0.4) is 0 Å². The Morgan fingerprint density at radius 2 is 1.63 bits per heavy atom. The average molecular weight is 402 g/mol. The van der Waals surface area contributed by atoms with Gasteiger partial charge in [0.25, 0.3) is 0 Å². The summed E-state index contributed by atoms with van der Waals surface area (Å²) >= 11 is 0. The fraction of sp³-hybridized carbons (Fsp3) is 0.333. The number of aliphatic hydroxyl groups excluding tert-OH is 1. The number of aliphatic hydroxyl groups is 1.